The number of piperidine rings is 1. The van der Waals surface area contributed by atoms with Gasteiger partial charge in [-0.05, 0) is 28.8 Å². The zero-order valence-corrected chi connectivity index (χ0v) is 9.81. The van der Waals surface area contributed by atoms with Crippen LogP contribution < -0.4 is 4.90 Å². The normalized spacial score (nSPS) is 17.5. The fourth-order valence-corrected chi connectivity index (χ4v) is 1.88. The lowest BCUT2D eigenvalue weighted by molar-refractivity contribution is 0.482. The Kier molecular flexibility index (Phi) is 3.17. The Morgan fingerprint density at radius 1 is 1.33 bits per heavy atom. The molecule has 0 bridgehead atoms. The average Bonchev–Trinajstić information content (AvgIpc) is 2.30. The molecule has 0 N–H and O–H groups in total. The highest BCUT2D eigenvalue weighted by atomic mass is 79.9. The molecule has 0 amide bonds. The van der Waals surface area contributed by atoms with E-state index in [0.29, 0.717) is 0 Å². The summed E-state index contributed by atoms with van der Waals surface area (Å²) in [6.07, 6.45) is 5.32. The highest BCUT2D eigenvalue weighted by Gasteiger charge is 2.20. The maximum absolute atomic E-state index is 8.78. The molecule has 2 heterocycles. The van der Waals surface area contributed by atoms with Gasteiger partial charge in [0.1, 0.15) is 0 Å². The number of nitriles is 1. The van der Waals surface area contributed by atoms with Crippen molar-refractivity contribution in [3.63, 3.8) is 0 Å². The van der Waals surface area contributed by atoms with Crippen LogP contribution in [0.5, 0.6) is 0 Å². The fourth-order valence-electron chi connectivity index (χ4n) is 1.68. The predicted molar refractivity (Wildman–Crippen MR) is 60.3 cm³/mol. The van der Waals surface area contributed by atoms with Gasteiger partial charge in [-0.3, -0.25) is 0 Å². The Balaban J connectivity index is 2.02. The topological polar surface area (TPSA) is 52.8 Å². The minimum absolute atomic E-state index is 0.205. The van der Waals surface area contributed by atoms with Crippen molar-refractivity contribution in [3.8, 4) is 6.07 Å². The lowest BCUT2D eigenvalue weighted by atomic mass is 9.99. The van der Waals surface area contributed by atoms with Crippen molar-refractivity contribution < 1.29 is 0 Å². The van der Waals surface area contributed by atoms with Gasteiger partial charge in [0.2, 0.25) is 5.95 Å². The molecular formula is C10H11BrN4. The zero-order chi connectivity index (χ0) is 10.7. The van der Waals surface area contributed by atoms with Crippen LogP contribution in [0.25, 0.3) is 0 Å². The van der Waals surface area contributed by atoms with Crippen LogP contribution in [0.4, 0.5) is 5.95 Å². The first-order valence-electron chi connectivity index (χ1n) is 4.91. The zero-order valence-electron chi connectivity index (χ0n) is 8.23. The van der Waals surface area contributed by atoms with E-state index < -0.39 is 0 Å². The molecule has 0 spiro atoms. The molecule has 1 aromatic heterocycles. The molecule has 0 saturated carbocycles. The van der Waals surface area contributed by atoms with Gasteiger partial charge in [-0.25, -0.2) is 9.97 Å². The molecule has 1 aromatic rings. The highest BCUT2D eigenvalue weighted by Crippen LogP contribution is 2.20. The van der Waals surface area contributed by atoms with Crippen molar-refractivity contribution >= 4 is 21.9 Å². The summed E-state index contributed by atoms with van der Waals surface area (Å²) in [6.45, 7) is 1.75. The first-order chi connectivity index (χ1) is 7.29. The second-order valence-electron chi connectivity index (χ2n) is 3.59. The van der Waals surface area contributed by atoms with Crippen molar-refractivity contribution in [2.45, 2.75) is 12.8 Å². The van der Waals surface area contributed by atoms with Gasteiger partial charge < -0.3 is 4.90 Å². The Morgan fingerprint density at radius 3 is 2.47 bits per heavy atom. The molecule has 5 heteroatoms. The van der Waals surface area contributed by atoms with Gasteiger partial charge in [0.25, 0.3) is 0 Å². The van der Waals surface area contributed by atoms with Crippen LogP contribution in [-0.4, -0.2) is 23.1 Å². The maximum Gasteiger partial charge on any atom is 0.225 e. The smallest absolute Gasteiger partial charge is 0.225 e. The third-order valence-electron chi connectivity index (χ3n) is 2.57. The standard InChI is InChI=1S/C10H11BrN4/c11-9-6-13-10(14-7-9)15-3-1-8(5-12)2-4-15/h6-8H,1-4H2. The molecule has 0 aliphatic carbocycles. The van der Waals surface area contributed by atoms with E-state index in [1.54, 1.807) is 12.4 Å². The summed E-state index contributed by atoms with van der Waals surface area (Å²) in [5.74, 6) is 0.964. The van der Waals surface area contributed by atoms with E-state index in [1.807, 2.05) is 0 Å². The second-order valence-corrected chi connectivity index (χ2v) is 4.51. The summed E-state index contributed by atoms with van der Waals surface area (Å²) in [5, 5.41) is 8.78. The number of aromatic nitrogens is 2. The SMILES string of the molecule is N#CC1CCN(c2ncc(Br)cn2)CC1. The molecule has 0 unspecified atom stereocenters. The minimum atomic E-state index is 0.205. The highest BCUT2D eigenvalue weighted by molar-refractivity contribution is 9.10. The first-order valence-corrected chi connectivity index (χ1v) is 5.71. The minimum Gasteiger partial charge on any atom is -0.341 e. The molecular weight excluding hydrogens is 256 g/mol. The largest absolute Gasteiger partial charge is 0.341 e. The molecule has 15 heavy (non-hydrogen) atoms. The van der Waals surface area contributed by atoms with Crippen LogP contribution in [0, 0.1) is 17.2 Å². The number of nitrogens with zero attached hydrogens (tertiary/aromatic N) is 4. The Labute approximate surface area is 97.1 Å². The van der Waals surface area contributed by atoms with Crippen LogP contribution in [0.3, 0.4) is 0 Å². The Hall–Kier alpha value is -1.15. The Morgan fingerprint density at radius 2 is 1.93 bits per heavy atom. The maximum atomic E-state index is 8.78. The summed E-state index contributed by atoms with van der Waals surface area (Å²) in [4.78, 5) is 10.6. The van der Waals surface area contributed by atoms with Gasteiger partial charge in [0.15, 0.2) is 0 Å². The van der Waals surface area contributed by atoms with E-state index in [0.717, 1.165) is 36.4 Å². The number of halogens is 1. The summed E-state index contributed by atoms with van der Waals surface area (Å²) >= 11 is 3.30. The molecule has 4 nitrogen and oxygen atoms in total. The quantitative estimate of drug-likeness (QED) is 0.780. The van der Waals surface area contributed by atoms with Crippen molar-refractivity contribution in [3.05, 3.63) is 16.9 Å². The first kappa shape index (κ1) is 10.4. The average molecular weight is 267 g/mol. The molecule has 1 aliphatic heterocycles. The molecule has 78 valence electrons. The number of hydrogen-bond donors (Lipinski definition) is 0. The van der Waals surface area contributed by atoms with E-state index in [9.17, 15) is 0 Å². The van der Waals surface area contributed by atoms with Gasteiger partial charge in [0, 0.05) is 31.4 Å². The van der Waals surface area contributed by atoms with Crippen LogP contribution in [0.15, 0.2) is 16.9 Å². The molecule has 0 atom stereocenters. The Bertz CT molecular complexity index is 362. The van der Waals surface area contributed by atoms with E-state index in [-0.39, 0.29) is 5.92 Å². The molecule has 1 aliphatic rings. The molecule has 0 radical (unpaired) electrons. The summed E-state index contributed by atoms with van der Waals surface area (Å²) < 4.78 is 0.887. The summed E-state index contributed by atoms with van der Waals surface area (Å²) in [6, 6.07) is 2.31. The number of anilines is 1. The van der Waals surface area contributed by atoms with Crippen LogP contribution in [0.2, 0.25) is 0 Å². The third kappa shape index (κ3) is 2.45. The summed E-state index contributed by atoms with van der Waals surface area (Å²) in [7, 11) is 0. The lowest BCUT2D eigenvalue weighted by Gasteiger charge is -2.28. The van der Waals surface area contributed by atoms with E-state index >= 15 is 0 Å². The third-order valence-corrected chi connectivity index (χ3v) is 2.98. The van der Waals surface area contributed by atoms with E-state index in [1.165, 1.54) is 0 Å². The van der Waals surface area contributed by atoms with Crippen LogP contribution in [0.1, 0.15) is 12.8 Å². The lowest BCUT2D eigenvalue weighted by Crippen LogP contribution is -2.34. The van der Waals surface area contributed by atoms with Crippen molar-refractivity contribution in [2.75, 3.05) is 18.0 Å². The van der Waals surface area contributed by atoms with Crippen molar-refractivity contribution in [1.82, 2.24) is 9.97 Å². The molecule has 1 fully saturated rings. The molecule has 0 aromatic carbocycles. The molecule has 2 rings (SSSR count). The predicted octanol–water partition coefficient (Wildman–Crippen LogP) is 1.98. The fraction of sp³-hybridized carbons (Fsp3) is 0.500. The van der Waals surface area contributed by atoms with E-state index in [4.69, 9.17) is 5.26 Å². The van der Waals surface area contributed by atoms with Gasteiger partial charge in [-0.2, -0.15) is 5.26 Å². The van der Waals surface area contributed by atoms with Crippen LogP contribution >= 0.6 is 15.9 Å². The summed E-state index contributed by atoms with van der Waals surface area (Å²) in [5.41, 5.74) is 0. The number of hydrogen-bond acceptors (Lipinski definition) is 4. The molecule has 1 saturated heterocycles. The van der Waals surface area contributed by atoms with E-state index in [2.05, 4.69) is 36.9 Å². The second kappa shape index (κ2) is 4.58. The van der Waals surface area contributed by atoms with Gasteiger partial charge in [-0.1, -0.05) is 0 Å². The monoisotopic (exact) mass is 266 g/mol. The van der Waals surface area contributed by atoms with Crippen molar-refractivity contribution in [1.29, 1.82) is 5.26 Å². The number of rotatable bonds is 1. The van der Waals surface area contributed by atoms with Crippen LogP contribution in [-0.2, 0) is 0 Å². The van der Waals surface area contributed by atoms with Gasteiger partial charge in [0.05, 0.1) is 10.5 Å². The van der Waals surface area contributed by atoms with Crippen molar-refractivity contribution in [2.24, 2.45) is 5.92 Å². The van der Waals surface area contributed by atoms with Gasteiger partial charge in [-0.15, -0.1) is 0 Å². The van der Waals surface area contributed by atoms with Gasteiger partial charge >= 0.3 is 0 Å².